The van der Waals surface area contributed by atoms with E-state index in [2.05, 4.69) is 11.2 Å². The van der Waals surface area contributed by atoms with Crippen LogP contribution in [0.25, 0.3) is 0 Å². The molecule has 1 aliphatic heterocycles. The predicted octanol–water partition coefficient (Wildman–Crippen LogP) is 1.16. The van der Waals surface area contributed by atoms with E-state index in [4.69, 9.17) is 5.73 Å². The van der Waals surface area contributed by atoms with Gasteiger partial charge in [-0.15, -0.1) is 0 Å². The van der Waals surface area contributed by atoms with Crippen molar-refractivity contribution in [2.45, 2.75) is 25.3 Å². The summed E-state index contributed by atoms with van der Waals surface area (Å²) in [6.45, 7) is 3.61. The first kappa shape index (κ1) is 10.4. The van der Waals surface area contributed by atoms with E-state index in [0.29, 0.717) is 6.04 Å². The Hall–Kier alpha value is 0.270. The van der Waals surface area contributed by atoms with E-state index < -0.39 is 0 Å². The van der Waals surface area contributed by atoms with Gasteiger partial charge in [-0.2, -0.15) is 11.8 Å². The SMILES string of the molecule is CSCCCCN1CCC(N)C1. The highest BCUT2D eigenvalue weighted by atomic mass is 32.2. The first-order valence-electron chi connectivity index (χ1n) is 4.80. The zero-order valence-electron chi connectivity index (χ0n) is 7.96. The summed E-state index contributed by atoms with van der Waals surface area (Å²) in [4.78, 5) is 2.49. The minimum absolute atomic E-state index is 0.450. The fraction of sp³-hybridized carbons (Fsp3) is 1.00. The third kappa shape index (κ3) is 3.78. The van der Waals surface area contributed by atoms with E-state index in [1.165, 1.54) is 38.1 Å². The summed E-state index contributed by atoms with van der Waals surface area (Å²) in [5, 5.41) is 0. The molecule has 72 valence electrons. The molecule has 3 heteroatoms. The fourth-order valence-electron chi connectivity index (χ4n) is 1.65. The lowest BCUT2D eigenvalue weighted by atomic mass is 10.3. The molecule has 1 rings (SSSR count). The monoisotopic (exact) mass is 188 g/mol. The Morgan fingerprint density at radius 2 is 2.33 bits per heavy atom. The number of nitrogens with zero attached hydrogens (tertiary/aromatic N) is 1. The molecule has 0 spiro atoms. The molecule has 0 radical (unpaired) electrons. The van der Waals surface area contributed by atoms with Crippen LogP contribution in [0, 0.1) is 0 Å². The van der Waals surface area contributed by atoms with Gasteiger partial charge in [0, 0.05) is 12.6 Å². The summed E-state index contributed by atoms with van der Waals surface area (Å²) in [5.41, 5.74) is 5.81. The van der Waals surface area contributed by atoms with Gasteiger partial charge in [0.05, 0.1) is 0 Å². The van der Waals surface area contributed by atoms with Crippen LogP contribution in [0.1, 0.15) is 19.3 Å². The van der Waals surface area contributed by atoms with Crippen LogP contribution in [0.3, 0.4) is 0 Å². The number of thioether (sulfide) groups is 1. The van der Waals surface area contributed by atoms with Crippen LogP contribution < -0.4 is 5.73 Å². The van der Waals surface area contributed by atoms with Crippen molar-refractivity contribution in [1.82, 2.24) is 4.90 Å². The Morgan fingerprint density at radius 3 is 2.92 bits per heavy atom. The molecular formula is C9H20N2S. The Labute approximate surface area is 79.9 Å². The van der Waals surface area contributed by atoms with Crippen molar-refractivity contribution in [2.75, 3.05) is 31.6 Å². The van der Waals surface area contributed by atoms with Crippen molar-refractivity contribution in [2.24, 2.45) is 5.73 Å². The molecule has 2 nitrogen and oxygen atoms in total. The highest BCUT2D eigenvalue weighted by molar-refractivity contribution is 7.98. The minimum atomic E-state index is 0.450. The molecule has 0 saturated carbocycles. The summed E-state index contributed by atoms with van der Waals surface area (Å²) in [7, 11) is 0. The molecule has 2 N–H and O–H groups in total. The zero-order valence-corrected chi connectivity index (χ0v) is 8.78. The molecule has 1 heterocycles. The third-order valence-corrected chi connectivity index (χ3v) is 3.08. The number of rotatable bonds is 5. The number of unbranched alkanes of at least 4 members (excludes halogenated alkanes) is 1. The topological polar surface area (TPSA) is 29.3 Å². The first-order valence-corrected chi connectivity index (χ1v) is 6.19. The van der Waals surface area contributed by atoms with Crippen LogP contribution in [0.15, 0.2) is 0 Å². The molecule has 1 aliphatic rings. The standard InChI is InChI=1S/C9H20N2S/c1-12-7-3-2-5-11-6-4-9(10)8-11/h9H,2-8,10H2,1H3. The first-order chi connectivity index (χ1) is 5.83. The van der Waals surface area contributed by atoms with E-state index in [0.717, 1.165) is 6.54 Å². The van der Waals surface area contributed by atoms with Crippen LogP contribution in [-0.4, -0.2) is 42.6 Å². The van der Waals surface area contributed by atoms with Crippen molar-refractivity contribution >= 4 is 11.8 Å². The average molecular weight is 188 g/mol. The van der Waals surface area contributed by atoms with Crippen molar-refractivity contribution in [3.63, 3.8) is 0 Å². The van der Waals surface area contributed by atoms with Crippen LogP contribution in [-0.2, 0) is 0 Å². The quantitative estimate of drug-likeness (QED) is 0.657. The number of nitrogens with two attached hydrogens (primary N) is 1. The normalized spacial score (nSPS) is 25.0. The predicted molar refractivity (Wildman–Crippen MR) is 56.6 cm³/mol. The van der Waals surface area contributed by atoms with E-state index in [1.807, 2.05) is 11.8 Å². The van der Waals surface area contributed by atoms with E-state index in [1.54, 1.807) is 0 Å². The maximum absolute atomic E-state index is 5.81. The maximum atomic E-state index is 5.81. The highest BCUT2D eigenvalue weighted by Gasteiger charge is 2.17. The molecule has 1 unspecified atom stereocenters. The fourth-order valence-corrected chi connectivity index (χ4v) is 2.14. The van der Waals surface area contributed by atoms with Crippen LogP contribution in [0.2, 0.25) is 0 Å². The third-order valence-electron chi connectivity index (χ3n) is 2.38. The summed E-state index contributed by atoms with van der Waals surface area (Å²) in [5.74, 6) is 1.31. The molecular weight excluding hydrogens is 168 g/mol. The maximum Gasteiger partial charge on any atom is 0.0180 e. The van der Waals surface area contributed by atoms with E-state index in [-0.39, 0.29) is 0 Å². The molecule has 1 saturated heterocycles. The number of likely N-dealkylation sites (tertiary alicyclic amines) is 1. The van der Waals surface area contributed by atoms with Gasteiger partial charge in [0.25, 0.3) is 0 Å². The Balaban J connectivity index is 1.93. The lowest BCUT2D eigenvalue weighted by Gasteiger charge is -2.14. The van der Waals surface area contributed by atoms with Gasteiger partial charge in [0.2, 0.25) is 0 Å². The minimum Gasteiger partial charge on any atom is -0.326 e. The molecule has 1 fully saturated rings. The Morgan fingerprint density at radius 1 is 1.50 bits per heavy atom. The molecule has 0 aliphatic carbocycles. The average Bonchev–Trinajstić information content (AvgIpc) is 2.45. The van der Waals surface area contributed by atoms with E-state index >= 15 is 0 Å². The van der Waals surface area contributed by atoms with Gasteiger partial charge in [-0.25, -0.2) is 0 Å². The molecule has 0 bridgehead atoms. The lowest BCUT2D eigenvalue weighted by molar-refractivity contribution is 0.328. The van der Waals surface area contributed by atoms with E-state index in [9.17, 15) is 0 Å². The Bertz CT molecular complexity index is 119. The summed E-state index contributed by atoms with van der Waals surface area (Å²) >= 11 is 1.94. The zero-order chi connectivity index (χ0) is 8.81. The number of hydrogen-bond acceptors (Lipinski definition) is 3. The molecule has 0 aromatic heterocycles. The van der Waals surface area contributed by atoms with Crippen molar-refractivity contribution in [3.05, 3.63) is 0 Å². The van der Waals surface area contributed by atoms with Crippen molar-refractivity contribution in [3.8, 4) is 0 Å². The molecule has 0 aromatic rings. The van der Waals surface area contributed by atoms with Gasteiger partial charge in [0.15, 0.2) is 0 Å². The van der Waals surface area contributed by atoms with Gasteiger partial charge < -0.3 is 10.6 Å². The second-order valence-corrected chi connectivity index (χ2v) is 4.53. The molecule has 12 heavy (non-hydrogen) atoms. The van der Waals surface area contributed by atoms with Gasteiger partial charge in [-0.05, 0) is 44.4 Å². The van der Waals surface area contributed by atoms with Gasteiger partial charge in [-0.1, -0.05) is 0 Å². The van der Waals surface area contributed by atoms with Crippen LogP contribution >= 0.6 is 11.8 Å². The summed E-state index contributed by atoms with van der Waals surface area (Å²) in [6, 6.07) is 0.450. The van der Waals surface area contributed by atoms with Gasteiger partial charge in [-0.3, -0.25) is 0 Å². The summed E-state index contributed by atoms with van der Waals surface area (Å²) < 4.78 is 0. The van der Waals surface area contributed by atoms with Gasteiger partial charge >= 0.3 is 0 Å². The van der Waals surface area contributed by atoms with Gasteiger partial charge in [0.1, 0.15) is 0 Å². The second kappa shape index (κ2) is 5.84. The summed E-state index contributed by atoms with van der Waals surface area (Å²) in [6.07, 6.45) is 6.06. The Kier molecular flexibility index (Phi) is 5.04. The number of hydrogen-bond donors (Lipinski definition) is 1. The van der Waals surface area contributed by atoms with Crippen LogP contribution in [0.4, 0.5) is 0 Å². The van der Waals surface area contributed by atoms with Crippen molar-refractivity contribution < 1.29 is 0 Å². The molecule has 0 amide bonds. The highest BCUT2D eigenvalue weighted by Crippen LogP contribution is 2.08. The van der Waals surface area contributed by atoms with Crippen molar-refractivity contribution in [1.29, 1.82) is 0 Å². The van der Waals surface area contributed by atoms with Crippen LogP contribution in [0.5, 0.6) is 0 Å². The molecule has 1 atom stereocenters. The lowest BCUT2D eigenvalue weighted by Crippen LogP contribution is -2.27. The largest absolute Gasteiger partial charge is 0.326 e. The molecule has 0 aromatic carbocycles. The second-order valence-electron chi connectivity index (χ2n) is 3.55. The smallest absolute Gasteiger partial charge is 0.0180 e.